The Labute approximate surface area is 166 Å². The SMILES string of the molecule is O=C1c2ccccc2C(=O)N1Cc1cn2cc(Cl)cc(N3CCNCC3)c2n1. The molecule has 8 heteroatoms. The van der Waals surface area contributed by atoms with Crippen LogP contribution in [0.2, 0.25) is 5.02 Å². The average Bonchev–Trinajstić information content (AvgIpc) is 3.22. The Morgan fingerprint density at radius 3 is 2.39 bits per heavy atom. The number of anilines is 1. The third-order valence-electron chi connectivity index (χ3n) is 5.20. The van der Waals surface area contributed by atoms with Crippen molar-refractivity contribution in [2.75, 3.05) is 31.1 Å². The zero-order chi connectivity index (χ0) is 19.3. The van der Waals surface area contributed by atoms with Gasteiger partial charge in [-0.25, -0.2) is 4.98 Å². The molecule has 3 aromatic rings. The number of piperazine rings is 1. The van der Waals surface area contributed by atoms with E-state index >= 15 is 0 Å². The fourth-order valence-corrected chi connectivity index (χ4v) is 4.07. The van der Waals surface area contributed by atoms with E-state index in [1.165, 1.54) is 4.90 Å². The summed E-state index contributed by atoms with van der Waals surface area (Å²) >= 11 is 6.32. The van der Waals surface area contributed by atoms with Gasteiger partial charge in [-0.15, -0.1) is 0 Å². The van der Waals surface area contributed by atoms with E-state index in [1.807, 2.05) is 16.7 Å². The van der Waals surface area contributed by atoms with Crippen LogP contribution >= 0.6 is 11.6 Å². The largest absolute Gasteiger partial charge is 0.366 e. The van der Waals surface area contributed by atoms with Crippen LogP contribution in [0.5, 0.6) is 0 Å². The minimum Gasteiger partial charge on any atom is -0.366 e. The monoisotopic (exact) mass is 395 g/mol. The zero-order valence-electron chi connectivity index (χ0n) is 15.1. The molecule has 0 atom stereocenters. The normalized spacial score (nSPS) is 16.9. The lowest BCUT2D eigenvalue weighted by molar-refractivity contribution is 0.0640. The van der Waals surface area contributed by atoms with Gasteiger partial charge in [0.05, 0.1) is 34.1 Å². The Balaban J connectivity index is 1.49. The summed E-state index contributed by atoms with van der Waals surface area (Å²) < 4.78 is 1.87. The van der Waals surface area contributed by atoms with Crippen molar-refractivity contribution in [1.82, 2.24) is 19.6 Å². The van der Waals surface area contributed by atoms with E-state index in [4.69, 9.17) is 16.6 Å². The van der Waals surface area contributed by atoms with E-state index in [0.717, 1.165) is 37.5 Å². The van der Waals surface area contributed by atoms with Gasteiger partial charge in [0.25, 0.3) is 11.8 Å². The molecule has 2 aliphatic heterocycles. The number of carbonyl (C=O) groups is 2. The number of fused-ring (bicyclic) bond motifs is 2. The Bertz CT molecular complexity index is 1070. The molecule has 1 aromatic carbocycles. The van der Waals surface area contributed by atoms with Gasteiger partial charge in [-0.3, -0.25) is 14.5 Å². The first-order chi connectivity index (χ1) is 13.6. The number of pyridine rings is 1. The first-order valence-electron chi connectivity index (χ1n) is 9.20. The number of amides is 2. The molecule has 0 saturated carbocycles. The van der Waals surface area contributed by atoms with E-state index < -0.39 is 0 Å². The molecule has 0 radical (unpaired) electrons. The lowest BCUT2D eigenvalue weighted by Gasteiger charge is -2.29. The van der Waals surface area contributed by atoms with Crippen LogP contribution in [-0.2, 0) is 6.54 Å². The fourth-order valence-electron chi connectivity index (χ4n) is 3.86. The van der Waals surface area contributed by atoms with Gasteiger partial charge in [-0.05, 0) is 18.2 Å². The summed E-state index contributed by atoms with van der Waals surface area (Å²) in [6.45, 7) is 3.68. The van der Waals surface area contributed by atoms with Gasteiger partial charge in [-0.2, -0.15) is 0 Å². The van der Waals surface area contributed by atoms with Crippen LogP contribution in [0.1, 0.15) is 26.4 Å². The van der Waals surface area contributed by atoms with Crippen molar-refractivity contribution >= 4 is 34.7 Å². The molecule has 4 heterocycles. The van der Waals surface area contributed by atoms with Crippen molar-refractivity contribution in [1.29, 1.82) is 0 Å². The zero-order valence-corrected chi connectivity index (χ0v) is 15.8. The number of carbonyl (C=O) groups excluding carboxylic acids is 2. The van der Waals surface area contributed by atoms with Gasteiger partial charge in [0.2, 0.25) is 0 Å². The van der Waals surface area contributed by atoms with Crippen LogP contribution in [0.3, 0.4) is 0 Å². The molecule has 0 spiro atoms. The molecule has 5 rings (SSSR count). The summed E-state index contributed by atoms with van der Waals surface area (Å²) in [6, 6.07) is 8.81. The summed E-state index contributed by atoms with van der Waals surface area (Å²) in [4.78, 5) is 33.5. The molecule has 0 aliphatic carbocycles. The number of nitrogens with one attached hydrogen (secondary N) is 1. The molecule has 1 saturated heterocycles. The molecule has 0 unspecified atom stereocenters. The number of imide groups is 1. The highest BCUT2D eigenvalue weighted by atomic mass is 35.5. The predicted molar refractivity (Wildman–Crippen MR) is 106 cm³/mol. The molecule has 7 nitrogen and oxygen atoms in total. The highest BCUT2D eigenvalue weighted by Gasteiger charge is 2.35. The van der Waals surface area contributed by atoms with Gasteiger partial charge in [-0.1, -0.05) is 23.7 Å². The Morgan fingerprint density at radius 1 is 1.04 bits per heavy atom. The predicted octanol–water partition coefficient (Wildman–Crippen LogP) is 2.19. The number of halogens is 1. The minimum absolute atomic E-state index is 0.132. The molecule has 142 valence electrons. The van der Waals surface area contributed by atoms with Gasteiger partial charge in [0.1, 0.15) is 0 Å². The lowest BCUT2D eigenvalue weighted by atomic mass is 10.1. The van der Waals surface area contributed by atoms with Crippen LogP contribution in [0.15, 0.2) is 42.7 Å². The van der Waals surface area contributed by atoms with Gasteiger partial charge >= 0.3 is 0 Å². The van der Waals surface area contributed by atoms with Crippen LogP contribution in [0.25, 0.3) is 5.65 Å². The number of rotatable bonds is 3. The van der Waals surface area contributed by atoms with Crippen molar-refractivity contribution in [3.8, 4) is 0 Å². The maximum atomic E-state index is 12.6. The topological polar surface area (TPSA) is 70.0 Å². The van der Waals surface area contributed by atoms with Crippen LogP contribution < -0.4 is 10.2 Å². The fraction of sp³-hybridized carbons (Fsp3) is 0.250. The van der Waals surface area contributed by atoms with Crippen molar-refractivity contribution in [3.05, 3.63) is 64.6 Å². The summed E-state index contributed by atoms with van der Waals surface area (Å²) in [5.41, 5.74) is 3.27. The van der Waals surface area contributed by atoms with Crippen molar-refractivity contribution in [2.45, 2.75) is 6.54 Å². The molecule has 1 fully saturated rings. The Morgan fingerprint density at radius 2 is 1.71 bits per heavy atom. The lowest BCUT2D eigenvalue weighted by Crippen LogP contribution is -2.43. The average molecular weight is 396 g/mol. The van der Waals surface area contributed by atoms with Crippen LogP contribution in [0.4, 0.5) is 5.69 Å². The quantitative estimate of drug-likeness (QED) is 0.688. The minimum atomic E-state index is -0.280. The second-order valence-corrected chi connectivity index (χ2v) is 7.42. The van der Waals surface area contributed by atoms with Gasteiger partial charge < -0.3 is 14.6 Å². The number of hydrogen-bond acceptors (Lipinski definition) is 5. The second-order valence-electron chi connectivity index (χ2n) is 6.99. The third-order valence-corrected chi connectivity index (χ3v) is 5.41. The maximum Gasteiger partial charge on any atom is 0.261 e. The van der Waals surface area contributed by atoms with Crippen LogP contribution in [-0.4, -0.2) is 52.3 Å². The molecule has 28 heavy (non-hydrogen) atoms. The summed E-state index contributed by atoms with van der Waals surface area (Å²) in [5, 5.41) is 3.95. The van der Waals surface area contributed by atoms with Crippen molar-refractivity contribution in [3.63, 3.8) is 0 Å². The van der Waals surface area contributed by atoms with E-state index in [1.54, 1.807) is 30.5 Å². The van der Waals surface area contributed by atoms with E-state index in [0.29, 0.717) is 21.8 Å². The third kappa shape index (κ3) is 2.75. The second kappa shape index (κ2) is 6.61. The molecule has 2 aliphatic rings. The molecule has 1 N–H and O–H groups in total. The summed E-state index contributed by atoms with van der Waals surface area (Å²) in [6.07, 6.45) is 3.62. The molecule has 0 bridgehead atoms. The van der Waals surface area contributed by atoms with Gasteiger partial charge in [0.15, 0.2) is 5.65 Å². The molecule has 2 amide bonds. The first kappa shape index (κ1) is 17.2. The Hall–Kier alpha value is -2.90. The highest BCUT2D eigenvalue weighted by Crippen LogP contribution is 2.28. The summed E-state index contributed by atoms with van der Waals surface area (Å²) in [5.74, 6) is -0.559. The van der Waals surface area contributed by atoms with Crippen molar-refractivity contribution in [2.24, 2.45) is 0 Å². The van der Waals surface area contributed by atoms with E-state index in [-0.39, 0.29) is 18.4 Å². The standard InChI is InChI=1S/C20H18ClN5O2/c21-13-9-17(24-7-5-22-6-8-24)18-23-14(11-25(18)10-13)12-26-19(27)15-3-1-2-4-16(15)20(26)28/h1-4,9-11,22H,5-8,12H2. The number of hydrogen-bond donors (Lipinski definition) is 1. The number of nitrogens with zero attached hydrogens (tertiary/aromatic N) is 4. The molecular formula is C20H18ClN5O2. The number of aromatic nitrogens is 2. The molecule has 2 aromatic heterocycles. The first-order valence-corrected chi connectivity index (χ1v) is 9.57. The Kier molecular flexibility index (Phi) is 4.07. The number of benzene rings is 1. The van der Waals surface area contributed by atoms with Crippen molar-refractivity contribution < 1.29 is 9.59 Å². The van der Waals surface area contributed by atoms with Crippen LogP contribution in [0, 0.1) is 0 Å². The molecular weight excluding hydrogens is 378 g/mol. The number of imidazole rings is 1. The summed E-state index contributed by atoms with van der Waals surface area (Å²) in [7, 11) is 0. The van der Waals surface area contributed by atoms with E-state index in [9.17, 15) is 9.59 Å². The van der Waals surface area contributed by atoms with E-state index in [2.05, 4.69) is 10.2 Å². The highest BCUT2D eigenvalue weighted by molar-refractivity contribution is 6.30. The maximum absolute atomic E-state index is 12.6. The smallest absolute Gasteiger partial charge is 0.261 e. The van der Waals surface area contributed by atoms with Gasteiger partial charge in [0, 0.05) is 38.6 Å².